The third kappa shape index (κ3) is 5.11. The van der Waals surface area contributed by atoms with E-state index in [1.54, 1.807) is 11.3 Å². The summed E-state index contributed by atoms with van der Waals surface area (Å²) in [5.41, 5.74) is 0. The molecule has 1 aliphatic heterocycles. The van der Waals surface area contributed by atoms with Crippen molar-refractivity contribution in [2.24, 2.45) is 0 Å². The number of aliphatic carboxylic acids is 1. The van der Waals surface area contributed by atoms with Crippen LogP contribution in [0.25, 0.3) is 0 Å². The van der Waals surface area contributed by atoms with Gasteiger partial charge in [0.2, 0.25) is 5.91 Å². The summed E-state index contributed by atoms with van der Waals surface area (Å²) >= 11 is 1.61. The highest BCUT2D eigenvalue weighted by Crippen LogP contribution is 2.18. The van der Waals surface area contributed by atoms with Crippen LogP contribution in [-0.2, 0) is 14.3 Å². The van der Waals surface area contributed by atoms with Crippen LogP contribution in [0.4, 0.5) is 0 Å². The molecule has 1 aliphatic rings. The fourth-order valence-corrected chi connectivity index (χ4v) is 3.08. The van der Waals surface area contributed by atoms with Gasteiger partial charge in [-0.15, -0.1) is 11.3 Å². The van der Waals surface area contributed by atoms with Crippen molar-refractivity contribution >= 4 is 23.2 Å². The predicted octanol–water partition coefficient (Wildman–Crippen LogP) is 1.10. The molecule has 21 heavy (non-hydrogen) atoms. The van der Waals surface area contributed by atoms with E-state index < -0.39 is 5.97 Å². The summed E-state index contributed by atoms with van der Waals surface area (Å²) in [6.45, 7) is 3.82. The molecule has 1 aromatic heterocycles. The van der Waals surface area contributed by atoms with Crippen molar-refractivity contribution in [3.8, 4) is 0 Å². The summed E-state index contributed by atoms with van der Waals surface area (Å²) < 4.78 is 5.39. The number of rotatable bonds is 6. The first kappa shape index (κ1) is 15.9. The normalized spacial score (nSPS) is 20.9. The number of carbonyl (C=O) groups excluding carboxylic acids is 1. The van der Waals surface area contributed by atoms with Gasteiger partial charge in [0.05, 0.1) is 31.7 Å². The van der Waals surface area contributed by atoms with E-state index in [-0.39, 0.29) is 31.0 Å². The molecule has 0 aromatic carbocycles. The van der Waals surface area contributed by atoms with Gasteiger partial charge in [-0.2, -0.15) is 0 Å². The van der Waals surface area contributed by atoms with Gasteiger partial charge in [-0.25, -0.2) is 0 Å². The zero-order valence-corrected chi connectivity index (χ0v) is 12.8. The zero-order valence-electron chi connectivity index (χ0n) is 11.9. The van der Waals surface area contributed by atoms with Gasteiger partial charge in [0.15, 0.2) is 0 Å². The molecule has 7 heteroatoms. The fraction of sp³-hybridized carbons (Fsp3) is 0.571. The van der Waals surface area contributed by atoms with E-state index in [1.807, 2.05) is 29.3 Å². The number of carbonyl (C=O) groups is 2. The van der Waals surface area contributed by atoms with Crippen molar-refractivity contribution in [3.05, 3.63) is 22.4 Å². The average Bonchev–Trinajstić information content (AvgIpc) is 2.91. The molecule has 2 heterocycles. The fourth-order valence-electron chi connectivity index (χ4n) is 2.34. The van der Waals surface area contributed by atoms with Gasteiger partial charge in [0.1, 0.15) is 0 Å². The van der Waals surface area contributed by atoms with Gasteiger partial charge in [-0.3, -0.25) is 14.5 Å². The van der Waals surface area contributed by atoms with Gasteiger partial charge in [0.25, 0.3) is 0 Å². The minimum Gasteiger partial charge on any atom is -0.481 e. The Morgan fingerprint density at radius 2 is 2.43 bits per heavy atom. The lowest BCUT2D eigenvalue weighted by Crippen LogP contribution is -2.47. The number of nitrogens with zero attached hydrogens (tertiary/aromatic N) is 1. The van der Waals surface area contributed by atoms with E-state index >= 15 is 0 Å². The summed E-state index contributed by atoms with van der Waals surface area (Å²) in [6.07, 6.45) is -0.359. The number of amides is 1. The Bertz CT molecular complexity index is 477. The Morgan fingerprint density at radius 1 is 1.62 bits per heavy atom. The highest BCUT2D eigenvalue weighted by atomic mass is 32.1. The van der Waals surface area contributed by atoms with Crippen LogP contribution in [0.3, 0.4) is 0 Å². The van der Waals surface area contributed by atoms with Gasteiger partial charge < -0.3 is 15.2 Å². The molecular weight excluding hydrogens is 292 g/mol. The molecule has 1 aromatic rings. The smallest absolute Gasteiger partial charge is 0.306 e. The number of hydrogen-bond donors (Lipinski definition) is 2. The lowest BCUT2D eigenvalue weighted by Gasteiger charge is -2.31. The summed E-state index contributed by atoms with van der Waals surface area (Å²) in [6, 6.07) is 3.95. The average molecular weight is 312 g/mol. The maximum Gasteiger partial charge on any atom is 0.306 e. The molecule has 0 radical (unpaired) electrons. The standard InChI is InChI=1S/C14H20N2O4S/c1-10(12-3-2-6-21-12)15-13(17)9-16-4-5-20-11(8-16)7-14(18)19/h2-3,6,10-11H,4-5,7-9H2,1H3,(H,15,17)(H,18,19). The van der Waals surface area contributed by atoms with Crippen LogP contribution >= 0.6 is 11.3 Å². The Hall–Kier alpha value is -1.44. The van der Waals surface area contributed by atoms with Crippen LogP contribution in [0.15, 0.2) is 17.5 Å². The van der Waals surface area contributed by atoms with Gasteiger partial charge in [-0.1, -0.05) is 6.07 Å². The highest BCUT2D eigenvalue weighted by molar-refractivity contribution is 7.10. The lowest BCUT2D eigenvalue weighted by molar-refractivity contribution is -0.142. The van der Waals surface area contributed by atoms with Crippen LogP contribution in [0, 0.1) is 0 Å². The molecule has 2 rings (SSSR count). The molecule has 116 valence electrons. The monoisotopic (exact) mass is 312 g/mol. The van der Waals surface area contributed by atoms with Crippen LogP contribution in [0.5, 0.6) is 0 Å². The van der Waals surface area contributed by atoms with Gasteiger partial charge in [0, 0.05) is 18.0 Å². The second kappa shape index (κ2) is 7.53. The number of ether oxygens (including phenoxy) is 1. The van der Waals surface area contributed by atoms with Crippen molar-refractivity contribution in [1.82, 2.24) is 10.2 Å². The van der Waals surface area contributed by atoms with E-state index in [9.17, 15) is 9.59 Å². The summed E-state index contributed by atoms with van der Waals surface area (Å²) in [7, 11) is 0. The maximum atomic E-state index is 12.0. The van der Waals surface area contributed by atoms with Crippen molar-refractivity contribution in [2.75, 3.05) is 26.2 Å². The highest BCUT2D eigenvalue weighted by Gasteiger charge is 2.24. The van der Waals surface area contributed by atoms with Crippen LogP contribution in [-0.4, -0.2) is 54.2 Å². The Balaban J connectivity index is 1.78. The number of morpholine rings is 1. The quantitative estimate of drug-likeness (QED) is 0.822. The second-order valence-corrected chi connectivity index (χ2v) is 6.11. The van der Waals surface area contributed by atoms with E-state index in [4.69, 9.17) is 9.84 Å². The summed E-state index contributed by atoms with van der Waals surface area (Å²) in [5.74, 6) is -0.926. The number of carboxylic acids is 1. The largest absolute Gasteiger partial charge is 0.481 e. The second-order valence-electron chi connectivity index (χ2n) is 5.13. The zero-order chi connectivity index (χ0) is 15.2. The lowest BCUT2D eigenvalue weighted by atomic mass is 10.2. The molecule has 0 aliphatic carbocycles. The van der Waals surface area contributed by atoms with E-state index in [0.717, 1.165) is 4.88 Å². The predicted molar refractivity (Wildman–Crippen MR) is 79.3 cm³/mol. The molecule has 0 bridgehead atoms. The van der Waals surface area contributed by atoms with Crippen LogP contribution in [0.2, 0.25) is 0 Å². The Morgan fingerprint density at radius 3 is 3.10 bits per heavy atom. The summed E-state index contributed by atoms with van der Waals surface area (Å²) in [5, 5.41) is 13.7. The first-order valence-electron chi connectivity index (χ1n) is 6.93. The third-order valence-corrected chi connectivity index (χ3v) is 4.39. The topological polar surface area (TPSA) is 78.9 Å². The van der Waals surface area contributed by atoms with E-state index in [0.29, 0.717) is 19.7 Å². The third-order valence-electron chi connectivity index (χ3n) is 3.34. The van der Waals surface area contributed by atoms with Crippen molar-refractivity contribution in [3.63, 3.8) is 0 Å². The molecule has 6 nitrogen and oxygen atoms in total. The molecule has 2 atom stereocenters. The van der Waals surface area contributed by atoms with Crippen molar-refractivity contribution in [2.45, 2.75) is 25.5 Å². The van der Waals surface area contributed by atoms with Gasteiger partial charge in [-0.05, 0) is 18.4 Å². The first-order valence-corrected chi connectivity index (χ1v) is 7.81. The molecule has 1 saturated heterocycles. The minimum atomic E-state index is -0.877. The molecule has 1 fully saturated rings. The van der Waals surface area contributed by atoms with E-state index in [1.165, 1.54) is 0 Å². The maximum absolute atomic E-state index is 12.0. The first-order chi connectivity index (χ1) is 10.0. The van der Waals surface area contributed by atoms with Gasteiger partial charge >= 0.3 is 5.97 Å². The molecule has 0 spiro atoms. The number of hydrogen-bond acceptors (Lipinski definition) is 5. The molecule has 2 unspecified atom stereocenters. The van der Waals surface area contributed by atoms with Crippen LogP contribution in [0.1, 0.15) is 24.3 Å². The Labute approximate surface area is 127 Å². The number of nitrogens with one attached hydrogen (secondary N) is 1. The molecule has 2 N–H and O–H groups in total. The van der Waals surface area contributed by atoms with E-state index in [2.05, 4.69) is 5.32 Å². The summed E-state index contributed by atoms with van der Waals surface area (Å²) in [4.78, 5) is 25.8. The van der Waals surface area contributed by atoms with Crippen LogP contribution < -0.4 is 5.32 Å². The van der Waals surface area contributed by atoms with Crippen molar-refractivity contribution in [1.29, 1.82) is 0 Å². The minimum absolute atomic E-state index is 0.00615. The molecular formula is C14H20N2O4S. The molecule has 0 saturated carbocycles. The Kier molecular flexibility index (Phi) is 5.72. The van der Waals surface area contributed by atoms with Crippen molar-refractivity contribution < 1.29 is 19.4 Å². The number of carboxylic acid groups (broad SMARTS) is 1. The number of thiophene rings is 1. The SMILES string of the molecule is CC(NC(=O)CN1CCOC(CC(=O)O)C1)c1cccs1. The molecule has 1 amide bonds.